The van der Waals surface area contributed by atoms with E-state index < -0.39 is 23.3 Å². The van der Waals surface area contributed by atoms with Gasteiger partial charge in [-0.25, -0.2) is 4.79 Å². The fourth-order valence-corrected chi connectivity index (χ4v) is 2.34. The van der Waals surface area contributed by atoms with Crippen LogP contribution in [0.3, 0.4) is 0 Å². The van der Waals surface area contributed by atoms with Crippen LogP contribution in [0.5, 0.6) is 5.75 Å². The molecule has 0 aromatic heterocycles. The van der Waals surface area contributed by atoms with E-state index >= 15 is 0 Å². The lowest BCUT2D eigenvalue weighted by atomic mass is 9.97. The number of halogens is 3. The first-order valence-electron chi connectivity index (χ1n) is 6.49. The van der Waals surface area contributed by atoms with Gasteiger partial charge in [-0.2, -0.15) is 13.2 Å². The number of carboxylic acids is 1. The predicted octanol–water partition coefficient (Wildman–Crippen LogP) is 4.12. The molecule has 1 saturated carbocycles. The molecule has 0 spiro atoms. The van der Waals surface area contributed by atoms with Crippen LogP contribution in [-0.2, 0) is 6.18 Å². The molecular weight excluding hydrogens is 273 g/mol. The summed E-state index contributed by atoms with van der Waals surface area (Å²) in [5.41, 5.74) is -1.42. The molecule has 110 valence electrons. The highest BCUT2D eigenvalue weighted by atomic mass is 19.4. The van der Waals surface area contributed by atoms with Crippen molar-refractivity contribution in [1.82, 2.24) is 0 Å². The van der Waals surface area contributed by atoms with Crippen molar-refractivity contribution in [2.75, 3.05) is 0 Å². The number of alkyl halides is 3. The summed E-state index contributed by atoms with van der Waals surface area (Å²) in [5, 5.41) is 9.04. The molecule has 1 aliphatic carbocycles. The summed E-state index contributed by atoms with van der Waals surface area (Å²) in [6, 6.07) is 2.58. The summed E-state index contributed by atoms with van der Waals surface area (Å²) < 4.78 is 43.3. The van der Waals surface area contributed by atoms with Crippen molar-refractivity contribution >= 4 is 5.97 Å². The van der Waals surface area contributed by atoms with Crippen LogP contribution in [0.15, 0.2) is 18.2 Å². The van der Waals surface area contributed by atoms with Gasteiger partial charge in [0, 0.05) is 0 Å². The Morgan fingerprint density at radius 3 is 2.40 bits per heavy atom. The second-order valence-corrected chi connectivity index (χ2v) is 4.89. The Morgan fingerprint density at radius 1 is 1.20 bits per heavy atom. The number of hydrogen-bond acceptors (Lipinski definition) is 2. The highest BCUT2D eigenvalue weighted by molar-refractivity contribution is 5.91. The molecule has 20 heavy (non-hydrogen) atoms. The summed E-state index contributed by atoms with van der Waals surface area (Å²) in [6.07, 6.45) is 0.0342. The molecule has 1 N–H and O–H groups in total. The van der Waals surface area contributed by atoms with Gasteiger partial charge in [0.25, 0.3) is 0 Å². The zero-order chi connectivity index (χ0) is 14.8. The van der Waals surface area contributed by atoms with Gasteiger partial charge in [-0.15, -0.1) is 0 Å². The maximum atomic E-state index is 12.6. The molecule has 3 nitrogen and oxygen atoms in total. The van der Waals surface area contributed by atoms with E-state index in [0.29, 0.717) is 6.07 Å². The molecule has 2 rings (SSSR count). The Labute approximate surface area is 114 Å². The normalized spacial score (nSPS) is 16.9. The first kappa shape index (κ1) is 14.7. The molecule has 1 aliphatic rings. The van der Waals surface area contributed by atoms with E-state index in [1.54, 1.807) is 0 Å². The highest BCUT2D eigenvalue weighted by Crippen LogP contribution is 2.33. The van der Waals surface area contributed by atoms with Crippen molar-refractivity contribution in [3.8, 4) is 5.75 Å². The number of benzene rings is 1. The maximum absolute atomic E-state index is 12.6. The summed E-state index contributed by atoms with van der Waals surface area (Å²) in [5.74, 6) is -1.40. The molecule has 0 bridgehead atoms. The van der Waals surface area contributed by atoms with Crippen LogP contribution in [-0.4, -0.2) is 17.2 Å². The summed E-state index contributed by atoms with van der Waals surface area (Å²) in [7, 11) is 0. The van der Waals surface area contributed by atoms with Crippen molar-refractivity contribution in [1.29, 1.82) is 0 Å². The molecule has 1 aromatic rings. The molecule has 0 amide bonds. The average Bonchev–Trinajstić information content (AvgIpc) is 2.38. The van der Waals surface area contributed by atoms with Gasteiger partial charge >= 0.3 is 12.1 Å². The number of aromatic carboxylic acids is 1. The van der Waals surface area contributed by atoms with E-state index in [0.717, 1.165) is 44.2 Å². The van der Waals surface area contributed by atoms with E-state index in [4.69, 9.17) is 9.84 Å². The lowest BCUT2D eigenvalue weighted by Crippen LogP contribution is -2.21. The van der Waals surface area contributed by atoms with Gasteiger partial charge in [0.15, 0.2) is 0 Å². The van der Waals surface area contributed by atoms with Crippen LogP contribution >= 0.6 is 0 Å². The number of ether oxygens (including phenoxy) is 1. The Kier molecular flexibility index (Phi) is 4.20. The van der Waals surface area contributed by atoms with Crippen LogP contribution in [0, 0.1) is 0 Å². The minimum absolute atomic E-state index is 0.0115. The zero-order valence-electron chi connectivity index (χ0n) is 10.7. The van der Waals surface area contributed by atoms with Crippen LogP contribution in [0.1, 0.15) is 48.0 Å². The highest BCUT2D eigenvalue weighted by Gasteiger charge is 2.32. The van der Waals surface area contributed by atoms with E-state index in [9.17, 15) is 18.0 Å². The predicted molar refractivity (Wildman–Crippen MR) is 65.9 cm³/mol. The van der Waals surface area contributed by atoms with Crippen molar-refractivity contribution in [2.45, 2.75) is 44.4 Å². The molecule has 0 atom stereocenters. The standard InChI is InChI=1S/C14H15F3O3/c15-14(16,17)9-6-7-12(11(8-9)13(18)19)20-10-4-2-1-3-5-10/h6-8,10H,1-5H2,(H,18,19). The molecule has 1 fully saturated rings. The van der Waals surface area contributed by atoms with Crippen molar-refractivity contribution in [2.24, 2.45) is 0 Å². The van der Waals surface area contributed by atoms with Gasteiger partial charge in [0.2, 0.25) is 0 Å². The SMILES string of the molecule is O=C(O)c1cc(C(F)(F)F)ccc1OC1CCCCC1. The maximum Gasteiger partial charge on any atom is 0.416 e. The molecule has 0 saturated heterocycles. The van der Waals surface area contributed by atoms with Gasteiger partial charge in [0.05, 0.1) is 11.7 Å². The van der Waals surface area contributed by atoms with Crippen molar-refractivity contribution in [3.05, 3.63) is 29.3 Å². The summed E-state index contributed by atoms with van der Waals surface area (Å²) in [6.45, 7) is 0. The minimum atomic E-state index is -4.56. The molecule has 0 unspecified atom stereocenters. The van der Waals surface area contributed by atoms with Crippen molar-refractivity contribution < 1.29 is 27.8 Å². The number of carbonyl (C=O) groups is 1. The molecule has 0 radical (unpaired) electrons. The van der Waals surface area contributed by atoms with E-state index in [1.807, 2.05) is 0 Å². The molecular formula is C14H15F3O3. The largest absolute Gasteiger partial charge is 0.490 e. The van der Waals surface area contributed by atoms with Gasteiger partial charge in [0.1, 0.15) is 11.3 Å². The van der Waals surface area contributed by atoms with Crippen LogP contribution in [0.4, 0.5) is 13.2 Å². The molecule has 0 aliphatic heterocycles. The molecule has 6 heteroatoms. The van der Waals surface area contributed by atoms with Gasteiger partial charge in [-0.3, -0.25) is 0 Å². The Balaban J connectivity index is 2.25. The van der Waals surface area contributed by atoms with E-state index in [2.05, 4.69) is 0 Å². The van der Waals surface area contributed by atoms with Crippen LogP contribution in [0.2, 0.25) is 0 Å². The first-order valence-corrected chi connectivity index (χ1v) is 6.49. The third-order valence-corrected chi connectivity index (χ3v) is 3.38. The Hall–Kier alpha value is -1.72. The molecule has 0 heterocycles. The third kappa shape index (κ3) is 3.43. The lowest BCUT2D eigenvalue weighted by molar-refractivity contribution is -0.137. The van der Waals surface area contributed by atoms with Crippen molar-refractivity contribution in [3.63, 3.8) is 0 Å². The van der Waals surface area contributed by atoms with E-state index in [-0.39, 0.29) is 11.9 Å². The Morgan fingerprint density at radius 2 is 1.85 bits per heavy atom. The molecule has 1 aromatic carbocycles. The van der Waals surface area contributed by atoms with Gasteiger partial charge < -0.3 is 9.84 Å². The second kappa shape index (κ2) is 5.73. The quantitative estimate of drug-likeness (QED) is 0.910. The number of hydrogen-bond donors (Lipinski definition) is 1. The number of carboxylic acid groups (broad SMARTS) is 1. The van der Waals surface area contributed by atoms with E-state index in [1.165, 1.54) is 0 Å². The van der Waals surface area contributed by atoms with Gasteiger partial charge in [-0.05, 0) is 43.9 Å². The fraction of sp³-hybridized carbons (Fsp3) is 0.500. The lowest BCUT2D eigenvalue weighted by Gasteiger charge is -2.24. The first-order chi connectivity index (χ1) is 9.38. The Bertz CT molecular complexity index is 491. The second-order valence-electron chi connectivity index (χ2n) is 4.89. The fourth-order valence-electron chi connectivity index (χ4n) is 2.34. The topological polar surface area (TPSA) is 46.5 Å². The van der Waals surface area contributed by atoms with Crippen LogP contribution in [0.25, 0.3) is 0 Å². The minimum Gasteiger partial charge on any atom is -0.490 e. The van der Waals surface area contributed by atoms with Crippen LogP contribution < -0.4 is 4.74 Å². The third-order valence-electron chi connectivity index (χ3n) is 3.38. The van der Waals surface area contributed by atoms with Gasteiger partial charge in [-0.1, -0.05) is 6.42 Å². The summed E-state index contributed by atoms with van der Waals surface area (Å²) in [4.78, 5) is 11.1. The summed E-state index contributed by atoms with van der Waals surface area (Å²) >= 11 is 0. The smallest absolute Gasteiger partial charge is 0.416 e. The zero-order valence-corrected chi connectivity index (χ0v) is 10.7. The number of rotatable bonds is 3. The average molecular weight is 288 g/mol. The monoisotopic (exact) mass is 288 g/mol.